The van der Waals surface area contributed by atoms with Crippen LogP contribution >= 0.6 is 0 Å². The summed E-state index contributed by atoms with van der Waals surface area (Å²) in [5.41, 5.74) is 0. The number of hydrogen-bond acceptors (Lipinski definition) is 6. The van der Waals surface area contributed by atoms with Crippen LogP contribution in [0.4, 0.5) is 17.6 Å². The first-order valence-corrected chi connectivity index (χ1v) is 7.34. The third-order valence-corrected chi connectivity index (χ3v) is 3.55. The minimum atomic E-state index is 0.696. The molecule has 1 fully saturated rings. The van der Waals surface area contributed by atoms with Gasteiger partial charge in [0.05, 0.1) is 0 Å². The summed E-state index contributed by atoms with van der Waals surface area (Å²) >= 11 is 0. The topological polar surface area (TPSA) is 57.2 Å². The molecular formula is C15H20N6. The Morgan fingerprint density at radius 3 is 2.38 bits per heavy atom. The molecular weight excluding hydrogens is 264 g/mol. The summed E-state index contributed by atoms with van der Waals surface area (Å²) in [6, 6.07) is 8.01. The van der Waals surface area contributed by atoms with Crippen LogP contribution in [0.2, 0.25) is 0 Å². The molecule has 0 aromatic carbocycles. The summed E-state index contributed by atoms with van der Waals surface area (Å²) < 4.78 is 0. The van der Waals surface area contributed by atoms with E-state index in [0.29, 0.717) is 5.95 Å². The summed E-state index contributed by atoms with van der Waals surface area (Å²) in [5.74, 6) is 2.73. The van der Waals surface area contributed by atoms with Crippen LogP contribution < -0.4 is 15.1 Å². The van der Waals surface area contributed by atoms with Gasteiger partial charge < -0.3 is 15.1 Å². The average Bonchev–Trinajstić information content (AvgIpc) is 2.56. The van der Waals surface area contributed by atoms with E-state index in [2.05, 4.69) is 36.1 Å². The van der Waals surface area contributed by atoms with E-state index in [1.54, 1.807) is 0 Å². The van der Waals surface area contributed by atoms with E-state index < -0.39 is 0 Å². The highest BCUT2D eigenvalue weighted by molar-refractivity contribution is 5.46. The van der Waals surface area contributed by atoms with Gasteiger partial charge in [0.15, 0.2) is 0 Å². The minimum absolute atomic E-state index is 0.696. The Balaban J connectivity index is 1.64. The van der Waals surface area contributed by atoms with Gasteiger partial charge in [-0.3, -0.25) is 0 Å². The minimum Gasteiger partial charge on any atom is -0.354 e. The summed E-state index contributed by atoms with van der Waals surface area (Å²) in [5, 5.41) is 3.15. The second-order valence-electron chi connectivity index (χ2n) is 4.93. The molecule has 0 radical (unpaired) electrons. The molecule has 6 nitrogen and oxygen atoms in total. The van der Waals surface area contributed by atoms with Crippen molar-refractivity contribution in [1.82, 2.24) is 15.0 Å². The fraction of sp³-hybridized carbons (Fsp3) is 0.400. The van der Waals surface area contributed by atoms with Gasteiger partial charge in [-0.15, -0.1) is 0 Å². The quantitative estimate of drug-likeness (QED) is 0.921. The highest BCUT2D eigenvalue weighted by Crippen LogP contribution is 2.17. The van der Waals surface area contributed by atoms with Crippen LogP contribution in [0.1, 0.15) is 6.92 Å². The lowest BCUT2D eigenvalue weighted by Gasteiger charge is -2.36. The lowest BCUT2D eigenvalue weighted by molar-refractivity contribution is 0.641. The van der Waals surface area contributed by atoms with Crippen LogP contribution in [-0.4, -0.2) is 47.7 Å². The van der Waals surface area contributed by atoms with Gasteiger partial charge in [0, 0.05) is 45.1 Å². The van der Waals surface area contributed by atoms with Gasteiger partial charge in [0.25, 0.3) is 0 Å². The lowest BCUT2D eigenvalue weighted by atomic mass is 10.3. The number of piperazine rings is 1. The van der Waals surface area contributed by atoms with E-state index in [-0.39, 0.29) is 0 Å². The molecule has 110 valence electrons. The Morgan fingerprint density at radius 1 is 0.952 bits per heavy atom. The van der Waals surface area contributed by atoms with Crippen molar-refractivity contribution < 1.29 is 0 Å². The second-order valence-corrected chi connectivity index (χ2v) is 4.93. The standard InChI is InChI=1S/C15H20N6/c1-2-16-15-18-8-6-14(19-15)21-11-9-20(10-12-21)13-5-3-4-7-17-13/h3-8H,2,9-12H2,1H3,(H,16,18,19). The maximum Gasteiger partial charge on any atom is 0.224 e. The Morgan fingerprint density at radius 2 is 1.71 bits per heavy atom. The molecule has 1 aliphatic heterocycles. The van der Waals surface area contributed by atoms with E-state index in [1.165, 1.54) is 0 Å². The van der Waals surface area contributed by atoms with Gasteiger partial charge in [-0.2, -0.15) is 4.98 Å². The first-order valence-electron chi connectivity index (χ1n) is 7.34. The number of pyridine rings is 1. The summed E-state index contributed by atoms with van der Waals surface area (Å²) in [6.45, 7) is 6.67. The van der Waals surface area contributed by atoms with Crippen LogP contribution in [0.15, 0.2) is 36.7 Å². The molecule has 0 spiro atoms. The third-order valence-electron chi connectivity index (χ3n) is 3.55. The largest absolute Gasteiger partial charge is 0.354 e. The van der Waals surface area contributed by atoms with Gasteiger partial charge in [-0.25, -0.2) is 9.97 Å². The number of rotatable bonds is 4. The molecule has 0 unspecified atom stereocenters. The predicted octanol–water partition coefficient (Wildman–Crippen LogP) is 1.63. The molecule has 0 atom stereocenters. The van der Waals surface area contributed by atoms with E-state index in [4.69, 9.17) is 0 Å². The molecule has 2 aromatic heterocycles. The highest BCUT2D eigenvalue weighted by atomic mass is 15.3. The lowest BCUT2D eigenvalue weighted by Crippen LogP contribution is -2.47. The van der Waals surface area contributed by atoms with Crippen molar-refractivity contribution in [2.75, 3.05) is 47.8 Å². The number of aromatic nitrogens is 3. The molecule has 1 N–H and O–H groups in total. The van der Waals surface area contributed by atoms with Gasteiger partial charge in [-0.1, -0.05) is 6.07 Å². The average molecular weight is 284 g/mol. The maximum absolute atomic E-state index is 4.55. The number of nitrogens with zero attached hydrogens (tertiary/aromatic N) is 5. The zero-order valence-corrected chi connectivity index (χ0v) is 12.2. The molecule has 21 heavy (non-hydrogen) atoms. The number of nitrogens with one attached hydrogen (secondary N) is 1. The van der Waals surface area contributed by atoms with Crippen molar-refractivity contribution in [2.24, 2.45) is 0 Å². The zero-order chi connectivity index (χ0) is 14.5. The van der Waals surface area contributed by atoms with E-state index in [9.17, 15) is 0 Å². The molecule has 0 amide bonds. The number of hydrogen-bond donors (Lipinski definition) is 1. The monoisotopic (exact) mass is 284 g/mol. The Labute approximate surface area is 124 Å². The first kappa shape index (κ1) is 13.6. The van der Waals surface area contributed by atoms with Crippen LogP contribution in [0, 0.1) is 0 Å². The van der Waals surface area contributed by atoms with Gasteiger partial charge in [0.1, 0.15) is 11.6 Å². The maximum atomic E-state index is 4.55. The molecule has 0 bridgehead atoms. The normalized spacial score (nSPS) is 15.1. The van der Waals surface area contributed by atoms with E-state index >= 15 is 0 Å². The summed E-state index contributed by atoms with van der Waals surface area (Å²) in [7, 11) is 0. The molecule has 3 rings (SSSR count). The van der Waals surface area contributed by atoms with E-state index in [0.717, 1.165) is 44.4 Å². The fourth-order valence-electron chi connectivity index (χ4n) is 2.47. The Bertz CT molecular complexity index is 565. The first-order chi connectivity index (χ1) is 10.4. The van der Waals surface area contributed by atoms with E-state index in [1.807, 2.05) is 37.5 Å². The van der Waals surface area contributed by atoms with Crippen LogP contribution in [0.3, 0.4) is 0 Å². The van der Waals surface area contributed by atoms with Crippen molar-refractivity contribution >= 4 is 17.6 Å². The van der Waals surface area contributed by atoms with Crippen molar-refractivity contribution in [1.29, 1.82) is 0 Å². The van der Waals surface area contributed by atoms with Crippen molar-refractivity contribution in [2.45, 2.75) is 6.92 Å². The molecule has 1 aliphatic rings. The van der Waals surface area contributed by atoms with Crippen molar-refractivity contribution in [3.63, 3.8) is 0 Å². The highest BCUT2D eigenvalue weighted by Gasteiger charge is 2.19. The predicted molar refractivity (Wildman–Crippen MR) is 84.9 cm³/mol. The SMILES string of the molecule is CCNc1nccc(N2CCN(c3ccccn3)CC2)n1. The second kappa shape index (κ2) is 6.39. The fourth-order valence-corrected chi connectivity index (χ4v) is 2.47. The Hall–Kier alpha value is -2.37. The summed E-state index contributed by atoms with van der Waals surface area (Å²) in [4.78, 5) is 17.8. The molecule has 0 saturated carbocycles. The van der Waals surface area contributed by atoms with Gasteiger partial charge >= 0.3 is 0 Å². The number of anilines is 3. The molecule has 2 aromatic rings. The molecule has 1 saturated heterocycles. The Kier molecular flexibility index (Phi) is 4.14. The van der Waals surface area contributed by atoms with Crippen molar-refractivity contribution in [3.05, 3.63) is 36.7 Å². The zero-order valence-electron chi connectivity index (χ0n) is 12.2. The van der Waals surface area contributed by atoms with Crippen LogP contribution in [-0.2, 0) is 0 Å². The molecule has 3 heterocycles. The third kappa shape index (κ3) is 3.21. The van der Waals surface area contributed by atoms with Crippen molar-refractivity contribution in [3.8, 4) is 0 Å². The molecule has 6 heteroatoms. The smallest absolute Gasteiger partial charge is 0.224 e. The summed E-state index contributed by atoms with van der Waals surface area (Å²) in [6.07, 6.45) is 3.65. The van der Waals surface area contributed by atoms with Gasteiger partial charge in [0.2, 0.25) is 5.95 Å². The van der Waals surface area contributed by atoms with Gasteiger partial charge in [-0.05, 0) is 25.1 Å². The van der Waals surface area contributed by atoms with Crippen LogP contribution in [0.5, 0.6) is 0 Å². The van der Waals surface area contributed by atoms with Crippen LogP contribution in [0.25, 0.3) is 0 Å². The molecule has 0 aliphatic carbocycles.